The van der Waals surface area contributed by atoms with E-state index in [9.17, 15) is 18.0 Å². The second-order valence-corrected chi connectivity index (χ2v) is 9.89. The summed E-state index contributed by atoms with van der Waals surface area (Å²) in [6.45, 7) is 4.77. The van der Waals surface area contributed by atoms with E-state index in [-0.39, 0.29) is 24.0 Å². The highest BCUT2D eigenvalue weighted by Gasteiger charge is 2.31. The van der Waals surface area contributed by atoms with E-state index in [2.05, 4.69) is 15.2 Å². The van der Waals surface area contributed by atoms with Crippen molar-refractivity contribution < 1.29 is 27.4 Å². The molecule has 0 atom stereocenters. The number of pyridine rings is 1. The van der Waals surface area contributed by atoms with Crippen LogP contribution in [0.1, 0.15) is 47.8 Å². The standard InChI is InChI=1S/C30H31F3N4O3/c1-2-40-29(38)25-18-24(19-6-12-23(13-7-19)37-14-16-39-17-15-37)26(27(34)20-4-3-5-20)28(36-25)35-22-10-8-21(9-11-22)30(31,32)33/h6-13,18,20,34H,2-5,14-17H2,1H3,(H,35,36). The van der Waals surface area contributed by atoms with E-state index < -0.39 is 17.7 Å². The molecule has 2 N–H and O–H groups in total. The van der Waals surface area contributed by atoms with Crippen LogP contribution in [0.2, 0.25) is 0 Å². The van der Waals surface area contributed by atoms with Gasteiger partial charge in [-0.2, -0.15) is 13.2 Å². The Morgan fingerprint density at radius 2 is 1.77 bits per heavy atom. The molecule has 2 aliphatic rings. The van der Waals surface area contributed by atoms with Crippen LogP contribution < -0.4 is 10.2 Å². The van der Waals surface area contributed by atoms with Gasteiger partial charge in [0.25, 0.3) is 0 Å². The number of esters is 1. The predicted octanol–water partition coefficient (Wildman–Crippen LogP) is 6.69. The number of alkyl halides is 3. The summed E-state index contributed by atoms with van der Waals surface area (Å²) >= 11 is 0. The smallest absolute Gasteiger partial charge is 0.416 e. The van der Waals surface area contributed by atoms with Crippen molar-refractivity contribution in [3.05, 3.63) is 71.4 Å². The van der Waals surface area contributed by atoms with Crippen molar-refractivity contribution in [2.75, 3.05) is 43.1 Å². The average Bonchev–Trinajstić information content (AvgIpc) is 2.92. The van der Waals surface area contributed by atoms with Gasteiger partial charge in [0.2, 0.25) is 0 Å². The number of hydrogen-bond acceptors (Lipinski definition) is 7. The van der Waals surface area contributed by atoms with Gasteiger partial charge >= 0.3 is 12.1 Å². The van der Waals surface area contributed by atoms with Crippen molar-refractivity contribution in [2.45, 2.75) is 32.4 Å². The number of morpholine rings is 1. The highest BCUT2D eigenvalue weighted by atomic mass is 19.4. The number of anilines is 3. The summed E-state index contributed by atoms with van der Waals surface area (Å²) in [6.07, 6.45) is -1.70. The lowest BCUT2D eigenvalue weighted by atomic mass is 9.78. The van der Waals surface area contributed by atoms with Crippen LogP contribution in [0.15, 0.2) is 54.6 Å². The summed E-state index contributed by atoms with van der Waals surface area (Å²) in [4.78, 5) is 19.6. The first-order chi connectivity index (χ1) is 19.2. The topological polar surface area (TPSA) is 87.5 Å². The molecular weight excluding hydrogens is 521 g/mol. The average molecular weight is 553 g/mol. The summed E-state index contributed by atoms with van der Waals surface area (Å²) < 4.78 is 50.1. The Morgan fingerprint density at radius 1 is 1.10 bits per heavy atom. The molecule has 0 amide bonds. The Labute approximate surface area is 230 Å². The molecule has 5 rings (SSSR count). The minimum absolute atomic E-state index is 0.0368. The molecule has 0 unspecified atom stereocenters. The number of nitrogens with zero attached hydrogens (tertiary/aromatic N) is 2. The first-order valence-corrected chi connectivity index (χ1v) is 13.4. The zero-order chi connectivity index (χ0) is 28.3. The predicted molar refractivity (Wildman–Crippen MR) is 148 cm³/mol. The van der Waals surface area contributed by atoms with Gasteiger partial charge < -0.3 is 25.1 Å². The Balaban J connectivity index is 1.60. The fourth-order valence-electron chi connectivity index (χ4n) is 4.90. The number of aromatic nitrogens is 1. The van der Waals surface area contributed by atoms with Gasteiger partial charge in [0.05, 0.1) is 25.4 Å². The first-order valence-electron chi connectivity index (χ1n) is 13.4. The van der Waals surface area contributed by atoms with E-state index in [0.29, 0.717) is 35.7 Å². The van der Waals surface area contributed by atoms with Crippen molar-refractivity contribution in [1.29, 1.82) is 5.41 Å². The third kappa shape index (κ3) is 5.96. The van der Waals surface area contributed by atoms with Crippen LogP contribution >= 0.6 is 0 Å². The van der Waals surface area contributed by atoms with E-state index >= 15 is 0 Å². The summed E-state index contributed by atoms with van der Waals surface area (Å²) in [5, 5.41) is 12.2. The number of rotatable bonds is 8. The van der Waals surface area contributed by atoms with E-state index in [4.69, 9.17) is 14.9 Å². The maximum atomic E-state index is 13.1. The largest absolute Gasteiger partial charge is 0.461 e. The second-order valence-electron chi connectivity index (χ2n) is 9.89. The molecule has 1 aliphatic carbocycles. The molecule has 7 nitrogen and oxygen atoms in total. The fraction of sp³-hybridized carbons (Fsp3) is 0.367. The van der Waals surface area contributed by atoms with Crippen LogP contribution in [-0.2, 0) is 15.7 Å². The molecule has 0 spiro atoms. The van der Waals surface area contributed by atoms with Crippen molar-refractivity contribution in [3.63, 3.8) is 0 Å². The van der Waals surface area contributed by atoms with Crippen molar-refractivity contribution in [2.24, 2.45) is 5.92 Å². The van der Waals surface area contributed by atoms with Gasteiger partial charge in [-0.3, -0.25) is 0 Å². The molecule has 1 saturated heterocycles. The van der Waals surface area contributed by atoms with Crippen LogP contribution in [0.3, 0.4) is 0 Å². The number of benzene rings is 2. The Bertz CT molecular complexity index is 1360. The molecule has 1 aliphatic heterocycles. The molecule has 210 valence electrons. The van der Waals surface area contributed by atoms with Crippen LogP contribution in [-0.4, -0.2) is 49.6 Å². The molecular formula is C30H31F3N4O3. The van der Waals surface area contributed by atoms with Crippen LogP contribution in [0.4, 0.5) is 30.4 Å². The molecule has 0 bridgehead atoms. The van der Waals surface area contributed by atoms with Gasteiger partial charge in [-0.25, -0.2) is 9.78 Å². The molecule has 10 heteroatoms. The van der Waals surface area contributed by atoms with Gasteiger partial charge in [-0.15, -0.1) is 0 Å². The number of carbonyl (C=O) groups is 1. The molecule has 1 aromatic heterocycles. The summed E-state index contributed by atoms with van der Waals surface area (Å²) in [6, 6.07) is 14.2. The van der Waals surface area contributed by atoms with Gasteiger partial charge in [0.1, 0.15) is 5.82 Å². The third-order valence-corrected chi connectivity index (χ3v) is 7.32. The Kier molecular flexibility index (Phi) is 8.07. The Morgan fingerprint density at radius 3 is 2.35 bits per heavy atom. The van der Waals surface area contributed by atoms with E-state index in [1.807, 2.05) is 24.3 Å². The van der Waals surface area contributed by atoms with Gasteiger partial charge in [-0.1, -0.05) is 18.6 Å². The minimum Gasteiger partial charge on any atom is -0.461 e. The third-order valence-electron chi connectivity index (χ3n) is 7.32. The van der Waals surface area contributed by atoms with E-state index in [1.54, 1.807) is 13.0 Å². The number of nitrogens with one attached hydrogen (secondary N) is 2. The molecule has 3 aromatic rings. The van der Waals surface area contributed by atoms with Gasteiger partial charge in [0, 0.05) is 41.7 Å². The lowest BCUT2D eigenvalue weighted by molar-refractivity contribution is -0.137. The maximum Gasteiger partial charge on any atom is 0.416 e. The number of halogens is 3. The molecule has 2 fully saturated rings. The quantitative estimate of drug-likeness (QED) is 0.239. The number of hydrogen-bond donors (Lipinski definition) is 2. The van der Waals surface area contributed by atoms with Crippen molar-refractivity contribution in [1.82, 2.24) is 4.98 Å². The highest BCUT2D eigenvalue weighted by molar-refractivity contribution is 6.11. The van der Waals surface area contributed by atoms with Crippen molar-refractivity contribution >= 4 is 28.9 Å². The lowest BCUT2D eigenvalue weighted by Crippen LogP contribution is -2.36. The zero-order valence-electron chi connectivity index (χ0n) is 22.2. The van der Waals surface area contributed by atoms with Gasteiger partial charge in [0.15, 0.2) is 5.69 Å². The number of ether oxygens (including phenoxy) is 2. The minimum atomic E-state index is -4.46. The fourth-order valence-corrected chi connectivity index (χ4v) is 4.90. The van der Waals surface area contributed by atoms with Gasteiger partial charge in [-0.05, 0) is 73.4 Å². The maximum absolute atomic E-state index is 13.1. The summed E-state index contributed by atoms with van der Waals surface area (Å²) in [7, 11) is 0. The number of carbonyl (C=O) groups excluding carboxylic acids is 1. The normalized spacial score (nSPS) is 15.8. The molecule has 2 aromatic carbocycles. The summed E-state index contributed by atoms with van der Waals surface area (Å²) in [5.74, 6) is -0.352. The zero-order valence-corrected chi connectivity index (χ0v) is 22.2. The molecule has 2 heterocycles. The second kappa shape index (κ2) is 11.7. The lowest BCUT2D eigenvalue weighted by Gasteiger charge is -2.30. The monoisotopic (exact) mass is 552 g/mol. The highest BCUT2D eigenvalue weighted by Crippen LogP contribution is 2.39. The molecule has 0 radical (unpaired) electrons. The summed E-state index contributed by atoms with van der Waals surface area (Å²) in [5.41, 5.74) is 3.02. The van der Waals surface area contributed by atoms with Crippen molar-refractivity contribution in [3.8, 4) is 11.1 Å². The Hall–Kier alpha value is -3.92. The van der Waals surface area contributed by atoms with E-state index in [1.165, 1.54) is 12.1 Å². The molecule has 40 heavy (non-hydrogen) atoms. The SMILES string of the molecule is CCOC(=O)c1cc(-c2ccc(N3CCOCC3)cc2)c(C(=N)C2CCC2)c(Nc2ccc(C(F)(F)F)cc2)n1. The first kappa shape index (κ1) is 27.6. The van der Waals surface area contributed by atoms with Crippen LogP contribution in [0, 0.1) is 11.3 Å². The van der Waals surface area contributed by atoms with Crippen LogP contribution in [0.5, 0.6) is 0 Å². The van der Waals surface area contributed by atoms with E-state index in [0.717, 1.165) is 55.7 Å². The molecule has 1 saturated carbocycles. The van der Waals surface area contributed by atoms with Crippen LogP contribution in [0.25, 0.3) is 11.1 Å².